The molecule has 1 amide bonds. The minimum absolute atomic E-state index is 0. The summed E-state index contributed by atoms with van der Waals surface area (Å²) in [4.78, 5) is 17.5. The number of carbonyl (C=O) groups is 1. The number of aliphatic imine (C=N–C) groups is 1. The molecule has 2 aromatic rings. The molecule has 0 saturated heterocycles. The van der Waals surface area contributed by atoms with Crippen molar-refractivity contribution in [2.45, 2.75) is 13.5 Å². The molecule has 0 unspecified atom stereocenters. The Kier molecular flexibility index (Phi) is 10.3. The van der Waals surface area contributed by atoms with Crippen LogP contribution >= 0.6 is 58.5 Å². The highest BCUT2D eigenvalue weighted by molar-refractivity contribution is 14.0. The van der Waals surface area contributed by atoms with Gasteiger partial charge in [0.2, 0.25) is 0 Å². The van der Waals surface area contributed by atoms with Crippen molar-refractivity contribution < 1.29 is 4.79 Å². The molecule has 0 saturated carbocycles. The summed E-state index contributed by atoms with van der Waals surface area (Å²) in [7, 11) is 1.71. The minimum Gasteiger partial charge on any atom is -0.355 e. The molecule has 1 aromatic heterocycles. The molecule has 0 aliphatic heterocycles. The summed E-state index contributed by atoms with van der Waals surface area (Å²) in [6.07, 6.45) is 0. The van der Waals surface area contributed by atoms with Gasteiger partial charge in [-0.1, -0.05) is 23.2 Å². The molecule has 1 heterocycles. The van der Waals surface area contributed by atoms with E-state index in [2.05, 4.69) is 39.3 Å². The number of thiophene rings is 1. The molecule has 0 spiro atoms. The summed E-state index contributed by atoms with van der Waals surface area (Å²) < 4.78 is 0. The van der Waals surface area contributed by atoms with Crippen LogP contribution in [0.4, 0.5) is 0 Å². The second-order valence-corrected chi connectivity index (χ2v) is 7.08. The van der Waals surface area contributed by atoms with E-state index in [0.717, 1.165) is 6.54 Å². The summed E-state index contributed by atoms with van der Waals surface area (Å²) in [5.41, 5.74) is 1.74. The fourth-order valence-electron chi connectivity index (χ4n) is 2.07. The van der Waals surface area contributed by atoms with E-state index >= 15 is 0 Å². The standard InChI is InChI=1S/C17H20Cl2N4OS.HI/c1-11-5-8-25-15(11)10-23-17(20-2)22-7-6-21-16(24)12-3-4-13(18)14(19)9-12;/h3-5,8-9H,6-7,10H2,1-2H3,(H,21,24)(H2,20,22,23);1H. The lowest BCUT2D eigenvalue weighted by molar-refractivity contribution is 0.0954. The molecule has 3 N–H and O–H groups in total. The lowest BCUT2D eigenvalue weighted by atomic mass is 10.2. The van der Waals surface area contributed by atoms with Crippen molar-refractivity contribution >= 4 is 70.4 Å². The number of aryl methyl sites for hydroxylation is 1. The number of hydrogen-bond donors (Lipinski definition) is 3. The average Bonchev–Trinajstić information content (AvgIpc) is 3.01. The number of rotatable bonds is 6. The van der Waals surface area contributed by atoms with E-state index in [1.54, 1.807) is 36.6 Å². The number of hydrogen-bond acceptors (Lipinski definition) is 3. The van der Waals surface area contributed by atoms with E-state index in [1.165, 1.54) is 10.4 Å². The first kappa shape index (κ1) is 23.0. The van der Waals surface area contributed by atoms with E-state index in [9.17, 15) is 4.79 Å². The topological polar surface area (TPSA) is 65.5 Å². The number of halogens is 3. The Morgan fingerprint density at radius 3 is 2.46 bits per heavy atom. The molecule has 0 bridgehead atoms. The highest BCUT2D eigenvalue weighted by Crippen LogP contribution is 2.22. The normalized spacial score (nSPS) is 10.8. The van der Waals surface area contributed by atoms with Crippen LogP contribution in [0.1, 0.15) is 20.8 Å². The van der Waals surface area contributed by atoms with Gasteiger partial charge in [-0.15, -0.1) is 35.3 Å². The molecule has 142 valence electrons. The predicted octanol–water partition coefficient (Wildman–Crippen LogP) is 4.08. The number of carbonyl (C=O) groups excluding carboxylic acids is 1. The van der Waals surface area contributed by atoms with Gasteiger partial charge in [-0.2, -0.15) is 0 Å². The van der Waals surface area contributed by atoms with E-state index in [4.69, 9.17) is 23.2 Å². The maximum atomic E-state index is 12.1. The third-order valence-corrected chi connectivity index (χ3v) is 5.25. The Morgan fingerprint density at radius 1 is 1.12 bits per heavy atom. The van der Waals surface area contributed by atoms with Crippen LogP contribution in [0.3, 0.4) is 0 Å². The van der Waals surface area contributed by atoms with Gasteiger partial charge in [0.1, 0.15) is 0 Å². The molecule has 5 nitrogen and oxygen atoms in total. The molecule has 2 rings (SSSR count). The van der Waals surface area contributed by atoms with Gasteiger partial charge in [-0.25, -0.2) is 0 Å². The van der Waals surface area contributed by atoms with Crippen molar-refractivity contribution in [3.63, 3.8) is 0 Å². The van der Waals surface area contributed by atoms with Gasteiger partial charge < -0.3 is 16.0 Å². The third kappa shape index (κ3) is 6.94. The SMILES string of the molecule is CN=C(NCCNC(=O)c1ccc(Cl)c(Cl)c1)NCc1sccc1C.I. The molecular formula is C17H21Cl2IN4OS. The quantitative estimate of drug-likeness (QED) is 0.230. The molecule has 9 heteroatoms. The summed E-state index contributed by atoms with van der Waals surface area (Å²) in [5, 5.41) is 12.1. The first-order valence-corrected chi connectivity index (χ1v) is 9.35. The minimum atomic E-state index is -0.197. The summed E-state index contributed by atoms with van der Waals surface area (Å²) in [6, 6.07) is 6.89. The van der Waals surface area contributed by atoms with Crippen molar-refractivity contribution in [3.8, 4) is 0 Å². The Morgan fingerprint density at radius 2 is 1.85 bits per heavy atom. The molecule has 0 aliphatic rings. The van der Waals surface area contributed by atoms with Gasteiger partial charge in [-0.05, 0) is 42.1 Å². The van der Waals surface area contributed by atoms with Gasteiger partial charge in [-0.3, -0.25) is 9.79 Å². The molecule has 0 aliphatic carbocycles. The summed E-state index contributed by atoms with van der Waals surface area (Å²) in [5.74, 6) is 0.495. The van der Waals surface area contributed by atoms with E-state index in [0.29, 0.717) is 34.7 Å². The maximum Gasteiger partial charge on any atom is 0.251 e. The summed E-state index contributed by atoms with van der Waals surface area (Å²) in [6.45, 7) is 3.81. The van der Waals surface area contributed by atoms with Crippen LogP contribution in [0.5, 0.6) is 0 Å². The predicted molar refractivity (Wildman–Crippen MR) is 121 cm³/mol. The van der Waals surface area contributed by atoms with E-state index < -0.39 is 0 Å². The molecule has 0 radical (unpaired) electrons. The van der Waals surface area contributed by atoms with Gasteiger partial charge in [0.05, 0.1) is 16.6 Å². The van der Waals surface area contributed by atoms with E-state index in [-0.39, 0.29) is 29.9 Å². The van der Waals surface area contributed by atoms with Crippen molar-refractivity contribution in [1.29, 1.82) is 0 Å². The van der Waals surface area contributed by atoms with Crippen molar-refractivity contribution in [2.24, 2.45) is 4.99 Å². The zero-order chi connectivity index (χ0) is 18.2. The molecular weight excluding hydrogens is 506 g/mol. The highest BCUT2D eigenvalue weighted by Gasteiger charge is 2.07. The maximum absolute atomic E-state index is 12.1. The van der Waals surface area contributed by atoms with Gasteiger partial charge in [0.25, 0.3) is 5.91 Å². The number of nitrogens with one attached hydrogen (secondary N) is 3. The van der Waals surface area contributed by atoms with Gasteiger partial charge in [0.15, 0.2) is 5.96 Å². The lowest BCUT2D eigenvalue weighted by Gasteiger charge is -2.12. The number of benzene rings is 1. The number of nitrogens with zero attached hydrogens (tertiary/aromatic N) is 1. The van der Waals surface area contributed by atoms with E-state index in [1.807, 2.05) is 0 Å². The Hall–Kier alpha value is -1.03. The van der Waals surface area contributed by atoms with Crippen LogP contribution in [0.2, 0.25) is 10.0 Å². The second-order valence-electron chi connectivity index (χ2n) is 5.26. The largest absolute Gasteiger partial charge is 0.355 e. The highest BCUT2D eigenvalue weighted by atomic mass is 127. The molecule has 0 fully saturated rings. The first-order chi connectivity index (χ1) is 12.0. The van der Waals surface area contributed by atoms with Crippen LogP contribution < -0.4 is 16.0 Å². The number of amides is 1. The Labute approximate surface area is 184 Å². The fraction of sp³-hybridized carbons (Fsp3) is 0.294. The fourth-order valence-corrected chi connectivity index (χ4v) is 3.21. The van der Waals surface area contributed by atoms with Crippen molar-refractivity contribution in [1.82, 2.24) is 16.0 Å². The zero-order valence-corrected chi connectivity index (χ0v) is 19.1. The lowest BCUT2D eigenvalue weighted by Crippen LogP contribution is -2.41. The van der Waals surface area contributed by atoms with Crippen LogP contribution in [0, 0.1) is 6.92 Å². The third-order valence-electron chi connectivity index (χ3n) is 3.49. The Balaban J connectivity index is 0.00000338. The molecule has 0 atom stereocenters. The number of guanidine groups is 1. The van der Waals surface area contributed by atoms with Gasteiger partial charge in [0, 0.05) is 30.6 Å². The van der Waals surface area contributed by atoms with Crippen LogP contribution in [-0.2, 0) is 6.54 Å². The Bertz CT molecular complexity index is 767. The van der Waals surface area contributed by atoms with Crippen LogP contribution in [0.25, 0.3) is 0 Å². The zero-order valence-electron chi connectivity index (χ0n) is 14.4. The monoisotopic (exact) mass is 526 g/mol. The van der Waals surface area contributed by atoms with Crippen LogP contribution in [-0.4, -0.2) is 32.0 Å². The summed E-state index contributed by atoms with van der Waals surface area (Å²) >= 11 is 13.5. The average molecular weight is 527 g/mol. The molecule has 26 heavy (non-hydrogen) atoms. The van der Waals surface area contributed by atoms with Crippen LogP contribution in [0.15, 0.2) is 34.6 Å². The first-order valence-electron chi connectivity index (χ1n) is 7.72. The smallest absolute Gasteiger partial charge is 0.251 e. The van der Waals surface area contributed by atoms with Gasteiger partial charge >= 0.3 is 0 Å². The van der Waals surface area contributed by atoms with Crippen molar-refractivity contribution in [3.05, 3.63) is 55.7 Å². The molecule has 1 aromatic carbocycles. The van der Waals surface area contributed by atoms with Crippen molar-refractivity contribution in [2.75, 3.05) is 20.1 Å². The second kappa shape index (κ2) is 11.6.